The molecule has 4 heteroatoms. The number of anilines is 2. The minimum absolute atomic E-state index is 0.570. The fraction of sp³-hybridized carbons (Fsp3) is 0.615. The predicted octanol–water partition coefficient (Wildman–Crippen LogP) is 1.81. The lowest BCUT2D eigenvalue weighted by atomic mass is 10.1. The minimum atomic E-state index is 0.570. The van der Waals surface area contributed by atoms with E-state index in [9.17, 15) is 0 Å². The molecule has 1 aliphatic rings. The zero-order chi connectivity index (χ0) is 12.1. The lowest BCUT2D eigenvalue weighted by Crippen LogP contribution is -2.28. The number of likely N-dealkylation sites (tertiary alicyclic amines) is 1. The zero-order valence-corrected chi connectivity index (χ0v) is 10.5. The van der Waals surface area contributed by atoms with Gasteiger partial charge in [-0.1, -0.05) is 6.92 Å². The number of nitrogens with two attached hydrogens (primary N) is 1. The number of nitrogens with zero attached hydrogens (tertiary/aromatic N) is 2. The Labute approximate surface area is 103 Å². The first-order valence-corrected chi connectivity index (χ1v) is 6.42. The Hall–Kier alpha value is -1.29. The Balaban J connectivity index is 1.71. The third-order valence-electron chi connectivity index (χ3n) is 3.21. The zero-order valence-electron chi connectivity index (χ0n) is 10.5. The van der Waals surface area contributed by atoms with Crippen LogP contribution in [0.25, 0.3) is 0 Å². The summed E-state index contributed by atoms with van der Waals surface area (Å²) in [6.45, 7) is 7.01. The minimum Gasteiger partial charge on any atom is -0.384 e. The van der Waals surface area contributed by atoms with E-state index in [1.165, 1.54) is 32.5 Å². The van der Waals surface area contributed by atoms with E-state index < -0.39 is 0 Å². The number of nitrogen functional groups attached to an aromatic ring is 1. The molecule has 17 heavy (non-hydrogen) atoms. The lowest BCUT2D eigenvalue weighted by molar-refractivity contribution is 0.294. The topological polar surface area (TPSA) is 54.2 Å². The second-order valence-electron chi connectivity index (χ2n) is 4.97. The fourth-order valence-electron chi connectivity index (χ4n) is 2.27. The van der Waals surface area contributed by atoms with Crippen molar-refractivity contribution in [2.24, 2.45) is 5.92 Å². The molecule has 1 aromatic rings. The van der Waals surface area contributed by atoms with Crippen molar-refractivity contribution in [2.45, 2.75) is 19.8 Å². The molecule has 0 spiro atoms. The van der Waals surface area contributed by atoms with Gasteiger partial charge in [-0.05, 0) is 44.0 Å². The third kappa shape index (κ3) is 3.89. The van der Waals surface area contributed by atoms with Crippen LogP contribution in [0.2, 0.25) is 0 Å². The van der Waals surface area contributed by atoms with Gasteiger partial charge in [-0.25, -0.2) is 4.98 Å². The molecule has 2 heterocycles. The summed E-state index contributed by atoms with van der Waals surface area (Å²) in [4.78, 5) is 6.61. The SMILES string of the molecule is CC(CNc1ccc(N)nc1)CN1CCCC1. The highest BCUT2D eigenvalue weighted by Crippen LogP contribution is 2.12. The molecule has 0 amide bonds. The highest BCUT2D eigenvalue weighted by molar-refractivity contribution is 5.45. The summed E-state index contributed by atoms with van der Waals surface area (Å²) in [5.74, 6) is 1.23. The largest absolute Gasteiger partial charge is 0.384 e. The van der Waals surface area contributed by atoms with E-state index >= 15 is 0 Å². The molecule has 0 aliphatic carbocycles. The molecule has 0 bridgehead atoms. The van der Waals surface area contributed by atoms with Crippen LogP contribution in [0.5, 0.6) is 0 Å². The Bertz CT molecular complexity index is 330. The van der Waals surface area contributed by atoms with Gasteiger partial charge in [-0.3, -0.25) is 0 Å². The molecular weight excluding hydrogens is 212 g/mol. The molecule has 1 atom stereocenters. The van der Waals surface area contributed by atoms with Crippen LogP contribution in [0.15, 0.2) is 18.3 Å². The van der Waals surface area contributed by atoms with Crippen LogP contribution in [0.3, 0.4) is 0 Å². The van der Waals surface area contributed by atoms with Gasteiger partial charge in [0.2, 0.25) is 0 Å². The second-order valence-corrected chi connectivity index (χ2v) is 4.97. The first kappa shape index (κ1) is 12.2. The van der Waals surface area contributed by atoms with Crippen LogP contribution in [0.1, 0.15) is 19.8 Å². The van der Waals surface area contributed by atoms with Crippen molar-refractivity contribution in [3.05, 3.63) is 18.3 Å². The van der Waals surface area contributed by atoms with Gasteiger partial charge in [0.05, 0.1) is 11.9 Å². The maximum absolute atomic E-state index is 5.55. The Morgan fingerprint density at radius 2 is 2.18 bits per heavy atom. The first-order chi connectivity index (χ1) is 8.24. The van der Waals surface area contributed by atoms with E-state index in [0.29, 0.717) is 11.7 Å². The van der Waals surface area contributed by atoms with Crippen molar-refractivity contribution in [1.82, 2.24) is 9.88 Å². The molecule has 1 unspecified atom stereocenters. The average Bonchev–Trinajstić information content (AvgIpc) is 2.81. The Morgan fingerprint density at radius 3 is 2.82 bits per heavy atom. The summed E-state index contributed by atoms with van der Waals surface area (Å²) < 4.78 is 0. The Kier molecular flexibility index (Phi) is 4.20. The van der Waals surface area contributed by atoms with Gasteiger partial charge in [-0.2, -0.15) is 0 Å². The molecule has 1 fully saturated rings. The summed E-state index contributed by atoms with van der Waals surface area (Å²) in [5, 5.41) is 3.40. The average molecular weight is 234 g/mol. The van der Waals surface area contributed by atoms with Crippen LogP contribution in [-0.4, -0.2) is 36.1 Å². The van der Waals surface area contributed by atoms with Crippen molar-refractivity contribution >= 4 is 11.5 Å². The smallest absolute Gasteiger partial charge is 0.123 e. The second kappa shape index (κ2) is 5.87. The number of nitrogens with one attached hydrogen (secondary N) is 1. The van der Waals surface area contributed by atoms with Gasteiger partial charge in [0.1, 0.15) is 5.82 Å². The summed E-state index contributed by atoms with van der Waals surface area (Å²) in [6, 6.07) is 3.80. The van der Waals surface area contributed by atoms with E-state index in [1.807, 2.05) is 12.1 Å². The van der Waals surface area contributed by atoms with Crippen LogP contribution in [0.4, 0.5) is 11.5 Å². The molecule has 0 radical (unpaired) electrons. The van der Waals surface area contributed by atoms with E-state index in [4.69, 9.17) is 5.73 Å². The Morgan fingerprint density at radius 1 is 1.41 bits per heavy atom. The van der Waals surface area contributed by atoms with Crippen LogP contribution < -0.4 is 11.1 Å². The maximum atomic E-state index is 5.55. The molecule has 1 aliphatic heterocycles. The van der Waals surface area contributed by atoms with Crippen LogP contribution in [0, 0.1) is 5.92 Å². The summed E-state index contributed by atoms with van der Waals surface area (Å²) in [6.07, 6.45) is 4.52. The number of hydrogen-bond donors (Lipinski definition) is 2. The number of aromatic nitrogens is 1. The molecular formula is C13H22N4. The van der Waals surface area contributed by atoms with Crippen molar-refractivity contribution in [2.75, 3.05) is 37.2 Å². The number of hydrogen-bond acceptors (Lipinski definition) is 4. The van der Waals surface area contributed by atoms with Gasteiger partial charge in [-0.15, -0.1) is 0 Å². The van der Waals surface area contributed by atoms with Crippen LogP contribution >= 0.6 is 0 Å². The van der Waals surface area contributed by atoms with E-state index in [0.717, 1.165) is 12.2 Å². The summed E-state index contributed by atoms with van der Waals surface area (Å²) >= 11 is 0. The highest BCUT2D eigenvalue weighted by atomic mass is 15.1. The monoisotopic (exact) mass is 234 g/mol. The highest BCUT2D eigenvalue weighted by Gasteiger charge is 2.14. The molecule has 3 N–H and O–H groups in total. The van der Waals surface area contributed by atoms with Gasteiger partial charge in [0.15, 0.2) is 0 Å². The third-order valence-corrected chi connectivity index (χ3v) is 3.21. The van der Waals surface area contributed by atoms with Gasteiger partial charge >= 0.3 is 0 Å². The summed E-state index contributed by atoms with van der Waals surface area (Å²) in [7, 11) is 0. The van der Waals surface area contributed by atoms with Crippen LogP contribution in [-0.2, 0) is 0 Å². The first-order valence-electron chi connectivity index (χ1n) is 6.42. The molecule has 0 saturated carbocycles. The number of pyridine rings is 1. The normalized spacial score (nSPS) is 18.2. The van der Waals surface area contributed by atoms with Gasteiger partial charge in [0.25, 0.3) is 0 Å². The summed E-state index contributed by atoms with van der Waals surface area (Å²) in [5.41, 5.74) is 6.59. The molecule has 4 nitrogen and oxygen atoms in total. The van der Waals surface area contributed by atoms with Crippen molar-refractivity contribution < 1.29 is 0 Å². The molecule has 1 aromatic heterocycles. The van der Waals surface area contributed by atoms with E-state index in [1.54, 1.807) is 6.20 Å². The van der Waals surface area contributed by atoms with E-state index in [-0.39, 0.29) is 0 Å². The maximum Gasteiger partial charge on any atom is 0.123 e. The predicted molar refractivity (Wildman–Crippen MR) is 72.0 cm³/mol. The molecule has 0 aromatic carbocycles. The number of rotatable bonds is 5. The molecule has 2 rings (SSSR count). The van der Waals surface area contributed by atoms with Crippen molar-refractivity contribution in [1.29, 1.82) is 0 Å². The van der Waals surface area contributed by atoms with Crippen molar-refractivity contribution in [3.63, 3.8) is 0 Å². The van der Waals surface area contributed by atoms with Gasteiger partial charge in [0, 0.05) is 13.1 Å². The van der Waals surface area contributed by atoms with E-state index in [2.05, 4.69) is 22.1 Å². The van der Waals surface area contributed by atoms with Gasteiger partial charge < -0.3 is 16.0 Å². The van der Waals surface area contributed by atoms with Crippen molar-refractivity contribution in [3.8, 4) is 0 Å². The lowest BCUT2D eigenvalue weighted by Gasteiger charge is -2.20. The standard InChI is InChI=1S/C13H22N4/c1-11(10-17-6-2-3-7-17)8-15-12-4-5-13(14)16-9-12/h4-5,9,11,15H,2-3,6-8,10H2,1H3,(H2,14,16). The fourth-order valence-corrected chi connectivity index (χ4v) is 2.27. The quantitative estimate of drug-likeness (QED) is 0.816. The molecule has 94 valence electrons. The molecule has 1 saturated heterocycles.